The zero-order valence-electron chi connectivity index (χ0n) is 22.1. The summed E-state index contributed by atoms with van der Waals surface area (Å²) in [7, 11) is 4.43. The van der Waals surface area contributed by atoms with E-state index in [4.69, 9.17) is 14.9 Å². The molecule has 1 unspecified atom stereocenters. The average molecular weight is 532 g/mol. The zero-order chi connectivity index (χ0) is 27.3. The van der Waals surface area contributed by atoms with Crippen LogP contribution in [0.2, 0.25) is 0 Å². The third kappa shape index (κ3) is 6.30. The van der Waals surface area contributed by atoms with Crippen molar-refractivity contribution in [3.05, 3.63) is 41.5 Å². The minimum atomic E-state index is -1.26. The molecule has 1 fully saturated rings. The first-order chi connectivity index (χ1) is 17.6. The second-order valence-electron chi connectivity index (χ2n) is 9.47. The van der Waals surface area contributed by atoms with Crippen molar-refractivity contribution in [2.75, 3.05) is 39.5 Å². The van der Waals surface area contributed by atoms with E-state index in [-0.39, 0.29) is 6.09 Å². The number of ether oxygens (including phenoxy) is 1. The van der Waals surface area contributed by atoms with E-state index in [0.717, 1.165) is 19.4 Å². The molecule has 1 aromatic heterocycles. The standard InChI is InChI=1S/C23H33N3O2S.C4H4O4/c1-6-26(7-2)23(27)28-14-15-11-17-16-9-8-10-19-21(16)18(22(29-5)25(19)4)12-20(17)24(3)13-15;5-3(6)1-2-4(7)8/h8-10,15,17,20H,6-7,11-14H2,1-5H3;1-2H,(H,5,6)(H,7,8)/b;2-1-/t15-,17?,20-;/m1./s1. The van der Waals surface area contributed by atoms with Gasteiger partial charge in [-0.25, -0.2) is 14.4 Å². The fourth-order valence-electron chi connectivity index (χ4n) is 5.65. The quantitative estimate of drug-likeness (QED) is 0.407. The molecule has 9 nitrogen and oxygen atoms in total. The minimum absolute atomic E-state index is 0.180. The summed E-state index contributed by atoms with van der Waals surface area (Å²) < 4.78 is 8.05. The van der Waals surface area contributed by atoms with Crippen LogP contribution in [0.3, 0.4) is 0 Å². The molecule has 2 aromatic rings. The van der Waals surface area contributed by atoms with Gasteiger partial charge in [-0.1, -0.05) is 12.1 Å². The maximum Gasteiger partial charge on any atom is 0.409 e. The fraction of sp³-hybridized carbons (Fsp3) is 0.519. The van der Waals surface area contributed by atoms with Gasteiger partial charge in [0.2, 0.25) is 0 Å². The van der Waals surface area contributed by atoms with Crippen LogP contribution >= 0.6 is 11.8 Å². The molecule has 2 N–H and O–H groups in total. The number of thioether (sulfide) groups is 1. The van der Waals surface area contributed by atoms with Crippen LogP contribution in [0, 0.1) is 5.92 Å². The lowest BCUT2D eigenvalue weighted by Gasteiger charge is -2.45. The summed E-state index contributed by atoms with van der Waals surface area (Å²) in [6, 6.07) is 7.30. The Morgan fingerprint density at radius 1 is 1.14 bits per heavy atom. The van der Waals surface area contributed by atoms with E-state index in [1.807, 2.05) is 25.6 Å². The first-order valence-electron chi connectivity index (χ1n) is 12.5. The number of carboxylic acid groups (broad SMARTS) is 2. The maximum absolute atomic E-state index is 12.3. The van der Waals surface area contributed by atoms with Crippen molar-refractivity contribution in [3.8, 4) is 0 Å². The van der Waals surface area contributed by atoms with E-state index in [2.05, 4.69) is 48.0 Å². The molecule has 0 radical (unpaired) electrons. The van der Waals surface area contributed by atoms with Crippen molar-refractivity contribution >= 4 is 40.7 Å². The lowest BCUT2D eigenvalue weighted by atomic mass is 9.72. The van der Waals surface area contributed by atoms with Gasteiger partial charge in [0.25, 0.3) is 0 Å². The summed E-state index contributed by atoms with van der Waals surface area (Å²) in [5.74, 6) is -1.64. The molecule has 1 aromatic carbocycles. The predicted molar refractivity (Wildman–Crippen MR) is 144 cm³/mol. The molecule has 2 heterocycles. The summed E-state index contributed by atoms with van der Waals surface area (Å²) in [6.07, 6.45) is 5.31. The van der Waals surface area contributed by atoms with Crippen molar-refractivity contribution in [2.24, 2.45) is 13.0 Å². The van der Waals surface area contributed by atoms with Crippen LogP contribution in [0.4, 0.5) is 4.79 Å². The molecule has 202 valence electrons. The molecule has 2 aliphatic rings. The van der Waals surface area contributed by atoms with Crippen LogP contribution in [0.15, 0.2) is 35.4 Å². The van der Waals surface area contributed by atoms with E-state index in [0.29, 0.717) is 49.7 Å². The number of carboxylic acids is 2. The Balaban J connectivity index is 0.000000414. The van der Waals surface area contributed by atoms with Gasteiger partial charge in [-0.05, 0) is 57.2 Å². The van der Waals surface area contributed by atoms with Crippen molar-refractivity contribution in [3.63, 3.8) is 0 Å². The van der Waals surface area contributed by atoms with Crippen LogP contribution in [0.25, 0.3) is 10.9 Å². The van der Waals surface area contributed by atoms with Crippen LogP contribution in [-0.2, 0) is 27.8 Å². The van der Waals surface area contributed by atoms with Crippen molar-refractivity contribution in [2.45, 2.75) is 43.7 Å². The monoisotopic (exact) mass is 531 g/mol. The topological polar surface area (TPSA) is 112 Å². The van der Waals surface area contributed by atoms with Gasteiger partial charge in [-0.3, -0.25) is 0 Å². The average Bonchev–Trinajstić information content (AvgIpc) is 3.15. The Morgan fingerprint density at radius 3 is 2.35 bits per heavy atom. The molecule has 4 rings (SSSR count). The molecule has 1 saturated heterocycles. The largest absolute Gasteiger partial charge is 0.478 e. The number of piperidine rings is 1. The van der Waals surface area contributed by atoms with Crippen LogP contribution < -0.4 is 0 Å². The highest BCUT2D eigenvalue weighted by molar-refractivity contribution is 7.98. The number of aromatic nitrogens is 1. The van der Waals surface area contributed by atoms with Gasteiger partial charge in [0, 0.05) is 67.6 Å². The molecule has 0 saturated carbocycles. The number of aliphatic carboxylic acids is 2. The first kappa shape index (κ1) is 28.6. The highest BCUT2D eigenvalue weighted by atomic mass is 32.2. The second-order valence-corrected chi connectivity index (χ2v) is 10.3. The van der Waals surface area contributed by atoms with Crippen molar-refractivity contribution < 1.29 is 29.3 Å². The number of amides is 1. The number of hydrogen-bond donors (Lipinski definition) is 2. The Bertz CT molecular complexity index is 1160. The lowest BCUT2D eigenvalue weighted by Crippen LogP contribution is -2.49. The zero-order valence-corrected chi connectivity index (χ0v) is 23.0. The normalized spacial score (nSPS) is 20.7. The van der Waals surface area contributed by atoms with Gasteiger partial charge in [-0.15, -0.1) is 11.8 Å². The van der Waals surface area contributed by atoms with E-state index in [1.165, 1.54) is 27.1 Å². The predicted octanol–water partition coefficient (Wildman–Crippen LogP) is 4.05. The number of likely N-dealkylation sites (N-methyl/N-ethyl adjacent to an activating group) is 1. The van der Waals surface area contributed by atoms with Gasteiger partial charge >= 0.3 is 18.0 Å². The van der Waals surface area contributed by atoms with Gasteiger partial charge in [0.05, 0.1) is 11.6 Å². The summed E-state index contributed by atoms with van der Waals surface area (Å²) in [5, 5.41) is 18.5. The molecule has 1 aliphatic heterocycles. The van der Waals surface area contributed by atoms with Gasteiger partial charge < -0.3 is 29.3 Å². The number of fused-ring (bicyclic) bond motifs is 2. The molecular formula is C27H37N3O6S. The number of nitrogens with zero attached hydrogens (tertiary/aromatic N) is 3. The maximum atomic E-state index is 12.3. The number of hydrogen-bond acceptors (Lipinski definition) is 6. The second kappa shape index (κ2) is 12.5. The van der Waals surface area contributed by atoms with E-state index >= 15 is 0 Å². The Kier molecular flexibility index (Phi) is 9.67. The van der Waals surface area contributed by atoms with E-state index < -0.39 is 11.9 Å². The van der Waals surface area contributed by atoms with E-state index in [1.54, 1.807) is 4.90 Å². The number of carbonyl (C=O) groups is 3. The Labute approximate surface area is 222 Å². The Hall–Kier alpha value is -2.98. The highest BCUT2D eigenvalue weighted by Crippen LogP contribution is 2.47. The molecule has 10 heteroatoms. The molecule has 0 bridgehead atoms. The summed E-state index contributed by atoms with van der Waals surface area (Å²) in [4.78, 5) is 35.6. The number of benzene rings is 1. The number of aryl methyl sites for hydroxylation is 1. The molecule has 1 amide bonds. The third-order valence-electron chi connectivity index (χ3n) is 7.30. The third-order valence-corrected chi connectivity index (χ3v) is 8.21. The molecule has 3 atom stereocenters. The number of carbonyl (C=O) groups excluding carboxylic acids is 1. The number of rotatable bonds is 7. The van der Waals surface area contributed by atoms with E-state index in [9.17, 15) is 14.4 Å². The summed E-state index contributed by atoms with van der Waals surface area (Å²) in [5.41, 5.74) is 4.35. The van der Waals surface area contributed by atoms with Crippen LogP contribution in [0.5, 0.6) is 0 Å². The fourth-order valence-corrected chi connectivity index (χ4v) is 6.45. The molecule has 37 heavy (non-hydrogen) atoms. The molecule has 1 aliphatic carbocycles. The van der Waals surface area contributed by atoms with Gasteiger partial charge in [0.1, 0.15) is 0 Å². The van der Waals surface area contributed by atoms with Gasteiger partial charge in [-0.2, -0.15) is 0 Å². The highest BCUT2D eigenvalue weighted by Gasteiger charge is 2.41. The van der Waals surface area contributed by atoms with Crippen LogP contribution in [0.1, 0.15) is 37.3 Å². The first-order valence-corrected chi connectivity index (χ1v) is 13.7. The SMILES string of the molecule is CCN(CC)C(=O)OC[C@@H]1CC2c3cccc4c3c(c(SC)n4C)C[C@H]2N(C)C1.O=C(O)/C=C\C(=O)O. The summed E-state index contributed by atoms with van der Waals surface area (Å²) >= 11 is 1.86. The van der Waals surface area contributed by atoms with Crippen molar-refractivity contribution in [1.82, 2.24) is 14.4 Å². The lowest BCUT2D eigenvalue weighted by molar-refractivity contribution is -0.134. The Morgan fingerprint density at radius 2 is 1.78 bits per heavy atom. The van der Waals surface area contributed by atoms with Gasteiger partial charge in [0.15, 0.2) is 0 Å². The van der Waals surface area contributed by atoms with Crippen LogP contribution in [-0.4, -0.2) is 88.2 Å². The smallest absolute Gasteiger partial charge is 0.409 e. The minimum Gasteiger partial charge on any atom is -0.478 e. The molecular weight excluding hydrogens is 494 g/mol. The number of likely N-dealkylation sites (tertiary alicyclic amines) is 1. The summed E-state index contributed by atoms with van der Waals surface area (Å²) in [6.45, 7) is 6.87. The molecule has 0 spiro atoms. The van der Waals surface area contributed by atoms with Crippen molar-refractivity contribution in [1.29, 1.82) is 0 Å².